The largest absolute Gasteiger partial charge is 0.504 e. The summed E-state index contributed by atoms with van der Waals surface area (Å²) in [6.45, 7) is 3.86. The second-order valence-electron chi connectivity index (χ2n) is 4.39. The van der Waals surface area contributed by atoms with Crippen LogP contribution in [0.1, 0.15) is 25.7 Å². The number of allylic oxidation sites excluding steroid dienone is 1. The molecule has 1 aromatic carbocycles. The van der Waals surface area contributed by atoms with Gasteiger partial charge in [-0.2, -0.15) is 0 Å². The van der Waals surface area contributed by atoms with Gasteiger partial charge in [-0.3, -0.25) is 4.79 Å². The monoisotopic (exact) mass is 308 g/mol. The quantitative estimate of drug-likeness (QED) is 0.504. The lowest BCUT2D eigenvalue weighted by atomic mass is 10.1. The summed E-state index contributed by atoms with van der Waals surface area (Å²) >= 11 is 7.33. The van der Waals surface area contributed by atoms with Crippen LogP contribution in [0.4, 0.5) is 0 Å². The van der Waals surface area contributed by atoms with E-state index < -0.39 is 0 Å². The minimum Gasteiger partial charge on any atom is -0.504 e. The van der Waals surface area contributed by atoms with Crippen LogP contribution in [-0.2, 0) is 0 Å². The smallest absolute Gasteiger partial charge is 0.186 e. The van der Waals surface area contributed by atoms with E-state index in [1.54, 1.807) is 17.4 Å². The molecule has 1 aromatic heterocycles. The molecule has 3 nitrogen and oxygen atoms in total. The van der Waals surface area contributed by atoms with Gasteiger partial charge in [0.1, 0.15) is 0 Å². The average molecular weight is 309 g/mol. The predicted octanol–water partition coefficient (Wildman–Crippen LogP) is 4.33. The highest BCUT2D eigenvalue weighted by Crippen LogP contribution is 2.34. The molecule has 2 aromatic rings. The number of phenolic OH excluding ortho intramolecular Hbond substituents is 2. The maximum Gasteiger partial charge on any atom is 0.186 e. The molecule has 0 saturated heterocycles. The molecule has 0 atom stereocenters. The molecule has 0 aliphatic heterocycles. The van der Waals surface area contributed by atoms with E-state index in [0.29, 0.717) is 11.1 Å². The van der Waals surface area contributed by atoms with Crippen molar-refractivity contribution in [3.05, 3.63) is 50.2 Å². The molecule has 0 fully saturated rings. The number of aryl methyl sites for hydroxylation is 2. The normalized spacial score (nSPS) is 11.2. The van der Waals surface area contributed by atoms with Gasteiger partial charge >= 0.3 is 0 Å². The lowest BCUT2D eigenvalue weighted by Gasteiger charge is -2.01. The summed E-state index contributed by atoms with van der Waals surface area (Å²) < 4.78 is 0. The van der Waals surface area contributed by atoms with E-state index in [-0.39, 0.29) is 22.3 Å². The lowest BCUT2D eigenvalue weighted by molar-refractivity contribution is 0.104. The van der Waals surface area contributed by atoms with Crippen molar-refractivity contribution >= 4 is 34.8 Å². The number of benzene rings is 1. The molecule has 1 heterocycles. The molecular formula is C15H13ClO3S. The van der Waals surface area contributed by atoms with Gasteiger partial charge < -0.3 is 10.2 Å². The van der Waals surface area contributed by atoms with Crippen LogP contribution >= 0.6 is 22.9 Å². The highest BCUT2D eigenvalue weighted by molar-refractivity contribution is 7.12. The first-order valence-corrected chi connectivity index (χ1v) is 7.09. The number of aromatic hydroxyl groups is 2. The molecule has 104 valence electrons. The topological polar surface area (TPSA) is 57.5 Å². The van der Waals surface area contributed by atoms with Gasteiger partial charge in [-0.1, -0.05) is 17.7 Å². The number of rotatable bonds is 3. The van der Waals surface area contributed by atoms with Gasteiger partial charge in [0.2, 0.25) is 0 Å². The van der Waals surface area contributed by atoms with Crippen molar-refractivity contribution in [3.8, 4) is 11.5 Å². The maximum absolute atomic E-state index is 12.1. The molecule has 0 spiro atoms. The Labute approximate surface area is 125 Å². The molecule has 0 saturated carbocycles. The average Bonchev–Trinajstić information content (AvgIpc) is 2.72. The first kappa shape index (κ1) is 14.6. The Balaban J connectivity index is 2.26. The van der Waals surface area contributed by atoms with Gasteiger partial charge in [0, 0.05) is 15.3 Å². The number of ketones is 1. The van der Waals surface area contributed by atoms with Crippen molar-refractivity contribution in [3.63, 3.8) is 0 Å². The third kappa shape index (κ3) is 3.03. The molecule has 20 heavy (non-hydrogen) atoms. The number of phenols is 2. The number of hydrogen-bond acceptors (Lipinski definition) is 4. The summed E-state index contributed by atoms with van der Waals surface area (Å²) in [6.07, 6.45) is 2.98. The molecule has 0 amide bonds. The molecular weight excluding hydrogens is 296 g/mol. The number of carbonyl (C=O) groups is 1. The van der Waals surface area contributed by atoms with Gasteiger partial charge in [0.15, 0.2) is 17.3 Å². The fourth-order valence-corrected chi connectivity index (χ4v) is 2.99. The van der Waals surface area contributed by atoms with E-state index in [4.69, 9.17) is 11.6 Å². The Morgan fingerprint density at radius 3 is 2.50 bits per heavy atom. The summed E-state index contributed by atoms with van der Waals surface area (Å²) in [6, 6.07) is 4.68. The number of carbonyl (C=O) groups excluding carboxylic acids is 1. The van der Waals surface area contributed by atoms with E-state index in [2.05, 4.69) is 0 Å². The van der Waals surface area contributed by atoms with Crippen molar-refractivity contribution in [1.29, 1.82) is 0 Å². The third-order valence-electron chi connectivity index (χ3n) is 2.80. The Bertz CT molecular complexity index is 678. The molecule has 2 N–H and O–H groups in total. The lowest BCUT2D eigenvalue weighted by Crippen LogP contribution is -1.93. The molecule has 0 aliphatic rings. The molecule has 0 radical (unpaired) electrons. The molecule has 0 aliphatic carbocycles. The van der Waals surface area contributed by atoms with E-state index in [9.17, 15) is 15.0 Å². The van der Waals surface area contributed by atoms with Crippen LogP contribution < -0.4 is 0 Å². The van der Waals surface area contributed by atoms with Crippen molar-refractivity contribution in [2.75, 3.05) is 0 Å². The Kier molecular flexibility index (Phi) is 4.16. The second-order valence-corrected chi connectivity index (χ2v) is 6.26. The summed E-state index contributed by atoms with van der Waals surface area (Å²) in [4.78, 5) is 14.1. The second kappa shape index (κ2) is 5.69. The van der Waals surface area contributed by atoms with Crippen molar-refractivity contribution in [1.82, 2.24) is 0 Å². The van der Waals surface area contributed by atoms with Gasteiger partial charge in [-0.25, -0.2) is 0 Å². The molecule has 2 rings (SSSR count). The van der Waals surface area contributed by atoms with Gasteiger partial charge in [0.05, 0.1) is 5.02 Å². The zero-order valence-corrected chi connectivity index (χ0v) is 12.5. The number of halogens is 1. The van der Waals surface area contributed by atoms with Crippen LogP contribution in [0, 0.1) is 13.8 Å². The first-order chi connectivity index (χ1) is 9.38. The van der Waals surface area contributed by atoms with Crippen molar-refractivity contribution in [2.24, 2.45) is 0 Å². The highest BCUT2D eigenvalue weighted by Gasteiger charge is 2.10. The predicted molar refractivity (Wildman–Crippen MR) is 81.9 cm³/mol. The molecule has 0 unspecified atom stereocenters. The van der Waals surface area contributed by atoms with E-state index in [0.717, 1.165) is 9.75 Å². The summed E-state index contributed by atoms with van der Waals surface area (Å²) in [5.41, 5.74) is 1.22. The SMILES string of the molecule is Cc1cc(C(=O)/C=C/c2cc(O)c(O)c(Cl)c2)c(C)s1. The fraction of sp³-hybridized carbons (Fsp3) is 0.133. The van der Waals surface area contributed by atoms with Gasteiger partial charge in [-0.05, 0) is 43.7 Å². The summed E-state index contributed by atoms with van der Waals surface area (Å²) in [7, 11) is 0. The summed E-state index contributed by atoms with van der Waals surface area (Å²) in [5.74, 6) is -0.776. The highest BCUT2D eigenvalue weighted by atomic mass is 35.5. The van der Waals surface area contributed by atoms with Crippen LogP contribution in [0.3, 0.4) is 0 Å². The zero-order valence-electron chi connectivity index (χ0n) is 11.0. The van der Waals surface area contributed by atoms with Crippen LogP contribution in [0.5, 0.6) is 11.5 Å². The van der Waals surface area contributed by atoms with Crippen molar-refractivity contribution < 1.29 is 15.0 Å². The van der Waals surface area contributed by atoms with Crippen LogP contribution in [0.25, 0.3) is 6.08 Å². The van der Waals surface area contributed by atoms with Crippen LogP contribution in [0.2, 0.25) is 5.02 Å². The summed E-state index contributed by atoms with van der Waals surface area (Å²) in [5, 5.41) is 18.9. The molecule has 5 heteroatoms. The van der Waals surface area contributed by atoms with Crippen LogP contribution in [0.15, 0.2) is 24.3 Å². The Hall–Kier alpha value is -1.78. The van der Waals surface area contributed by atoms with Crippen molar-refractivity contribution in [2.45, 2.75) is 13.8 Å². The Morgan fingerprint density at radius 2 is 1.95 bits per heavy atom. The standard InChI is InChI=1S/C15H13ClO3S/c1-8-5-11(9(2)20-8)13(17)4-3-10-6-12(16)15(19)14(18)7-10/h3-7,18-19H,1-2H3/b4-3+. The molecule has 0 bridgehead atoms. The zero-order chi connectivity index (χ0) is 14.9. The minimum atomic E-state index is -0.362. The minimum absolute atomic E-state index is 0.0413. The Morgan fingerprint density at radius 1 is 1.25 bits per heavy atom. The van der Waals surface area contributed by atoms with Gasteiger partial charge in [-0.15, -0.1) is 11.3 Å². The third-order valence-corrected chi connectivity index (χ3v) is 4.05. The first-order valence-electron chi connectivity index (χ1n) is 5.89. The number of hydrogen-bond donors (Lipinski definition) is 2. The van der Waals surface area contributed by atoms with Crippen LogP contribution in [-0.4, -0.2) is 16.0 Å². The fourth-order valence-electron chi connectivity index (χ4n) is 1.84. The maximum atomic E-state index is 12.1. The van der Waals surface area contributed by atoms with E-state index in [1.165, 1.54) is 18.2 Å². The van der Waals surface area contributed by atoms with Gasteiger partial charge in [0.25, 0.3) is 0 Å². The van der Waals surface area contributed by atoms with E-state index >= 15 is 0 Å². The van der Waals surface area contributed by atoms with E-state index in [1.807, 2.05) is 19.9 Å². The number of thiophene rings is 1.